The zero-order valence-corrected chi connectivity index (χ0v) is 10.0. The van der Waals surface area contributed by atoms with Gasteiger partial charge in [-0.15, -0.1) is 0 Å². The van der Waals surface area contributed by atoms with Gasteiger partial charge in [0.05, 0.1) is 17.9 Å². The summed E-state index contributed by atoms with van der Waals surface area (Å²) in [5, 5.41) is 2.19. The van der Waals surface area contributed by atoms with Crippen molar-refractivity contribution in [1.82, 2.24) is 0 Å². The first-order valence-corrected chi connectivity index (χ1v) is 5.25. The first kappa shape index (κ1) is 12.6. The fourth-order valence-corrected chi connectivity index (χ4v) is 1.65. The zero-order chi connectivity index (χ0) is 12.1. The smallest absolute Gasteiger partial charge is 0.338 e. The lowest BCUT2D eigenvalue weighted by atomic mass is 10.2. The quantitative estimate of drug-likeness (QED) is 0.684. The standard InChI is InChI=1S/C10H9BrFNO3/c1-2-16-10(15)6-3-7(11)9(13-5-14)8(12)4-6/h3-5H,2H2,1H3,(H,13,14). The summed E-state index contributed by atoms with van der Waals surface area (Å²) in [7, 11) is 0. The van der Waals surface area contributed by atoms with Crippen LogP contribution in [-0.4, -0.2) is 19.0 Å². The van der Waals surface area contributed by atoms with Crippen molar-refractivity contribution in [3.05, 3.63) is 28.0 Å². The Morgan fingerprint density at radius 1 is 1.62 bits per heavy atom. The number of carbonyl (C=O) groups is 2. The number of benzene rings is 1. The molecule has 0 aliphatic rings. The van der Waals surface area contributed by atoms with Crippen molar-refractivity contribution in [3.8, 4) is 0 Å². The first-order chi connectivity index (χ1) is 7.60. The highest BCUT2D eigenvalue weighted by molar-refractivity contribution is 9.10. The van der Waals surface area contributed by atoms with E-state index < -0.39 is 11.8 Å². The van der Waals surface area contributed by atoms with Gasteiger partial charge in [0.25, 0.3) is 0 Å². The highest BCUT2D eigenvalue weighted by Gasteiger charge is 2.14. The van der Waals surface area contributed by atoms with Crippen LogP contribution >= 0.6 is 15.9 Å². The molecule has 0 saturated carbocycles. The largest absolute Gasteiger partial charge is 0.462 e. The van der Waals surface area contributed by atoms with Gasteiger partial charge in [0, 0.05) is 4.47 Å². The van der Waals surface area contributed by atoms with E-state index in [9.17, 15) is 14.0 Å². The van der Waals surface area contributed by atoms with Gasteiger partial charge in [-0.2, -0.15) is 0 Å². The molecule has 6 heteroatoms. The van der Waals surface area contributed by atoms with Crippen LogP contribution in [0.15, 0.2) is 16.6 Å². The summed E-state index contributed by atoms with van der Waals surface area (Å²) in [5.41, 5.74) is 0.0747. The minimum atomic E-state index is -0.704. The fraction of sp³-hybridized carbons (Fsp3) is 0.200. The highest BCUT2D eigenvalue weighted by atomic mass is 79.9. The van der Waals surface area contributed by atoms with Crippen molar-refractivity contribution in [2.45, 2.75) is 6.92 Å². The van der Waals surface area contributed by atoms with Gasteiger partial charge in [-0.1, -0.05) is 0 Å². The SMILES string of the molecule is CCOC(=O)c1cc(F)c(NC=O)c(Br)c1. The molecular weight excluding hydrogens is 281 g/mol. The van der Waals surface area contributed by atoms with Crippen molar-refractivity contribution in [3.63, 3.8) is 0 Å². The third kappa shape index (κ3) is 2.79. The van der Waals surface area contributed by atoms with Crippen molar-refractivity contribution in [1.29, 1.82) is 0 Å². The van der Waals surface area contributed by atoms with Crippen LogP contribution in [0.4, 0.5) is 10.1 Å². The molecule has 0 bridgehead atoms. The van der Waals surface area contributed by atoms with Crippen LogP contribution < -0.4 is 5.32 Å². The van der Waals surface area contributed by atoms with Gasteiger partial charge in [-0.05, 0) is 35.0 Å². The summed E-state index contributed by atoms with van der Waals surface area (Å²) in [6.45, 7) is 1.87. The van der Waals surface area contributed by atoms with E-state index in [-0.39, 0.29) is 22.3 Å². The molecular formula is C10H9BrFNO3. The molecule has 16 heavy (non-hydrogen) atoms. The van der Waals surface area contributed by atoms with Crippen LogP contribution in [0, 0.1) is 5.82 Å². The summed E-state index contributed by atoms with van der Waals surface area (Å²) in [4.78, 5) is 21.5. The maximum absolute atomic E-state index is 13.4. The molecule has 1 amide bonds. The highest BCUT2D eigenvalue weighted by Crippen LogP contribution is 2.27. The second kappa shape index (κ2) is 5.60. The lowest BCUT2D eigenvalue weighted by Crippen LogP contribution is -2.07. The lowest BCUT2D eigenvalue weighted by Gasteiger charge is -2.07. The second-order valence-electron chi connectivity index (χ2n) is 2.80. The Bertz CT molecular complexity index is 400. The van der Waals surface area contributed by atoms with E-state index in [4.69, 9.17) is 4.74 Å². The molecule has 0 aromatic heterocycles. The van der Waals surface area contributed by atoms with E-state index in [1.807, 2.05) is 0 Å². The van der Waals surface area contributed by atoms with Gasteiger partial charge in [0.15, 0.2) is 0 Å². The molecule has 1 aromatic rings. The minimum absolute atomic E-state index is 0.0111. The lowest BCUT2D eigenvalue weighted by molar-refractivity contribution is -0.105. The summed E-state index contributed by atoms with van der Waals surface area (Å²) in [5.74, 6) is -1.32. The van der Waals surface area contributed by atoms with Crippen LogP contribution in [0.25, 0.3) is 0 Å². The Labute approximate surface area is 99.9 Å². The molecule has 0 unspecified atom stereocenters. The Morgan fingerprint density at radius 2 is 2.31 bits per heavy atom. The maximum Gasteiger partial charge on any atom is 0.338 e. The molecule has 1 rings (SSSR count). The van der Waals surface area contributed by atoms with Crippen molar-refractivity contribution in [2.24, 2.45) is 0 Å². The second-order valence-corrected chi connectivity index (χ2v) is 3.65. The number of hydrogen-bond acceptors (Lipinski definition) is 3. The van der Waals surface area contributed by atoms with Crippen LogP contribution in [0.1, 0.15) is 17.3 Å². The molecule has 0 aliphatic carbocycles. The third-order valence-electron chi connectivity index (χ3n) is 1.76. The summed E-state index contributed by atoms with van der Waals surface area (Å²) in [6, 6.07) is 2.39. The zero-order valence-electron chi connectivity index (χ0n) is 8.42. The third-order valence-corrected chi connectivity index (χ3v) is 2.38. The van der Waals surface area contributed by atoms with E-state index >= 15 is 0 Å². The van der Waals surface area contributed by atoms with E-state index in [0.29, 0.717) is 6.41 Å². The van der Waals surface area contributed by atoms with Crippen molar-refractivity contribution >= 4 is 34.0 Å². The van der Waals surface area contributed by atoms with Crippen LogP contribution in [0.5, 0.6) is 0 Å². The van der Waals surface area contributed by atoms with Crippen LogP contribution in [0.2, 0.25) is 0 Å². The predicted molar refractivity (Wildman–Crippen MR) is 59.7 cm³/mol. The number of ether oxygens (including phenoxy) is 1. The molecule has 1 aromatic carbocycles. The van der Waals surface area contributed by atoms with Gasteiger partial charge < -0.3 is 10.1 Å². The minimum Gasteiger partial charge on any atom is -0.462 e. The van der Waals surface area contributed by atoms with E-state index in [2.05, 4.69) is 21.2 Å². The molecule has 86 valence electrons. The molecule has 0 radical (unpaired) electrons. The normalized spacial score (nSPS) is 9.69. The van der Waals surface area contributed by atoms with Crippen molar-refractivity contribution < 1.29 is 18.7 Å². The van der Waals surface area contributed by atoms with E-state index in [1.54, 1.807) is 6.92 Å². The van der Waals surface area contributed by atoms with Gasteiger partial charge in [-0.25, -0.2) is 9.18 Å². The number of rotatable bonds is 4. The number of amides is 1. The van der Waals surface area contributed by atoms with E-state index in [1.165, 1.54) is 6.07 Å². The van der Waals surface area contributed by atoms with Crippen molar-refractivity contribution in [2.75, 3.05) is 11.9 Å². The summed E-state index contributed by atoms with van der Waals surface area (Å²) >= 11 is 3.05. The molecule has 0 fully saturated rings. The maximum atomic E-state index is 13.4. The van der Waals surface area contributed by atoms with Crippen LogP contribution in [-0.2, 0) is 9.53 Å². The molecule has 0 heterocycles. The van der Waals surface area contributed by atoms with E-state index in [0.717, 1.165) is 6.07 Å². The monoisotopic (exact) mass is 289 g/mol. The molecule has 0 spiro atoms. The van der Waals surface area contributed by atoms with Gasteiger partial charge in [0.2, 0.25) is 6.41 Å². The number of carbonyl (C=O) groups excluding carboxylic acids is 2. The number of esters is 1. The fourth-order valence-electron chi connectivity index (χ4n) is 1.10. The average molecular weight is 290 g/mol. The molecule has 1 N–H and O–H groups in total. The molecule has 4 nitrogen and oxygen atoms in total. The molecule has 0 aliphatic heterocycles. The topological polar surface area (TPSA) is 55.4 Å². The Kier molecular flexibility index (Phi) is 4.42. The summed E-state index contributed by atoms with van der Waals surface area (Å²) in [6.07, 6.45) is 0.354. The number of nitrogens with one attached hydrogen (secondary N) is 1. The first-order valence-electron chi connectivity index (χ1n) is 4.46. The molecule has 0 atom stereocenters. The van der Waals surface area contributed by atoms with Gasteiger partial charge in [-0.3, -0.25) is 4.79 Å². The Morgan fingerprint density at radius 3 is 2.81 bits per heavy atom. The number of hydrogen-bond donors (Lipinski definition) is 1. The number of halogens is 2. The number of anilines is 1. The average Bonchev–Trinajstić information content (AvgIpc) is 2.23. The Hall–Kier alpha value is -1.43. The molecule has 0 saturated heterocycles. The Balaban J connectivity index is 3.08. The predicted octanol–water partition coefficient (Wildman–Crippen LogP) is 2.33. The van der Waals surface area contributed by atoms with Gasteiger partial charge >= 0.3 is 5.97 Å². The van der Waals surface area contributed by atoms with Gasteiger partial charge in [0.1, 0.15) is 5.82 Å². The van der Waals surface area contributed by atoms with Crippen LogP contribution in [0.3, 0.4) is 0 Å². The summed E-state index contributed by atoms with van der Waals surface area (Å²) < 4.78 is 18.4.